The van der Waals surface area contributed by atoms with Gasteiger partial charge in [-0.3, -0.25) is 9.69 Å². The summed E-state index contributed by atoms with van der Waals surface area (Å²) in [7, 11) is 0. The molecule has 4 nitrogen and oxygen atoms in total. The van der Waals surface area contributed by atoms with Gasteiger partial charge in [0.15, 0.2) is 0 Å². The largest absolute Gasteiger partial charge is 0.481 e. The SMILES string of the molecule is O=C(O)CC1CSCCN1C1CCCOC1. The summed E-state index contributed by atoms with van der Waals surface area (Å²) in [6.45, 7) is 2.65. The van der Waals surface area contributed by atoms with Crippen molar-refractivity contribution in [2.75, 3.05) is 31.3 Å². The Kier molecular flexibility index (Phi) is 4.49. The molecule has 0 spiro atoms. The number of carboxylic acids is 1. The molecule has 0 aromatic carbocycles. The van der Waals surface area contributed by atoms with E-state index < -0.39 is 5.97 Å². The molecule has 0 amide bonds. The molecule has 2 saturated heterocycles. The van der Waals surface area contributed by atoms with Gasteiger partial charge in [0.2, 0.25) is 0 Å². The molecule has 0 bridgehead atoms. The molecule has 0 aromatic heterocycles. The van der Waals surface area contributed by atoms with Gasteiger partial charge in [-0.05, 0) is 12.8 Å². The van der Waals surface area contributed by atoms with E-state index in [0.717, 1.165) is 44.1 Å². The number of ether oxygens (including phenoxy) is 1. The number of aliphatic carboxylic acids is 1. The molecule has 0 aromatic rings. The van der Waals surface area contributed by atoms with E-state index in [2.05, 4.69) is 4.90 Å². The van der Waals surface area contributed by atoms with Crippen molar-refractivity contribution in [2.24, 2.45) is 0 Å². The van der Waals surface area contributed by atoms with E-state index in [0.29, 0.717) is 6.04 Å². The van der Waals surface area contributed by atoms with Crippen molar-refractivity contribution in [3.8, 4) is 0 Å². The van der Waals surface area contributed by atoms with Crippen LogP contribution in [0.5, 0.6) is 0 Å². The lowest BCUT2D eigenvalue weighted by atomic mass is 10.0. The fourth-order valence-corrected chi connectivity index (χ4v) is 3.60. The van der Waals surface area contributed by atoms with Crippen LogP contribution in [0.2, 0.25) is 0 Å². The second kappa shape index (κ2) is 5.89. The summed E-state index contributed by atoms with van der Waals surface area (Å²) in [5, 5.41) is 8.91. The molecule has 2 atom stereocenters. The maximum Gasteiger partial charge on any atom is 0.304 e. The minimum atomic E-state index is -0.686. The summed E-state index contributed by atoms with van der Waals surface area (Å²) in [4.78, 5) is 13.2. The summed E-state index contributed by atoms with van der Waals surface area (Å²) in [5.41, 5.74) is 0. The van der Waals surface area contributed by atoms with Gasteiger partial charge in [0.25, 0.3) is 0 Å². The molecule has 1 N–H and O–H groups in total. The molecular formula is C11H19NO3S. The number of hydrogen-bond donors (Lipinski definition) is 1. The molecule has 2 rings (SSSR count). The number of carbonyl (C=O) groups is 1. The van der Waals surface area contributed by atoms with E-state index in [1.807, 2.05) is 11.8 Å². The highest BCUT2D eigenvalue weighted by molar-refractivity contribution is 7.99. The van der Waals surface area contributed by atoms with Crippen LogP contribution in [-0.4, -0.2) is 59.3 Å². The van der Waals surface area contributed by atoms with E-state index in [4.69, 9.17) is 9.84 Å². The zero-order valence-electron chi connectivity index (χ0n) is 9.43. The molecule has 0 radical (unpaired) electrons. The number of rotatable bonds is 3. The van der Waals surface area contributed by atoms with Gasteiger partial charge in [0.05, 0.1) is 13.0 Å². The highest BCUT2D eigenvalue weighted by Gasteiger charge is 2.31. The number of thioether (sulfide) groups is 1. The quantitative estimate of drug-likeness (QED) is 0.805. The Balaban J connectivity index is 1.94. The normalized spacial score (nSPS) is 32.5. The Morgan fingerprint density at radius 2 is 2.44 bits per heavy atom. The average Bonchev–Trinajstić information content (AvgIpc) is 2.30. The molecule has 2 aliphatic rings. The van der Waals surface area contributed by atoms with Crippen molar-refractivity contribution in [3.05, 3.63) is 0 Å². The second-order valence-electron chi connectivity index (χ2n) is 4.44. The zero-order chi connectivity index (χ0) is 11.4. The molecule has 2 heterocycles. The maximum absolute atomic E-state index is 10.8. The number of hydrogen-bond acceptors (Lipinski definition) is 4. The van der Waals surface area contributed by atoms with Gasteiger partial charge in [-0.25, -0.2) is 0 Å². The van der Waals surface area contributed by atoms with Gasteiger partial charge in [0, 0.05) is 36.7 Å². The Labute approximate surface area is 100 Å². The first-order valence-electron chi connectivity index (χ1n) is 5.90. The van der Waals surface area contributed by atoms with Crippen LogP contribution in [0.3, 0.4) is 0 Å². The standard InChI is InChI=1S/C11H19NO3S/c13-11(14)6-10-8-16-5-3-12(10)9-2-1-4-15-7-9/h9-10H,1-8H2,(H,13,14). The first-order chi connectivity index (χ1) is 7.77. The average molecular weight is 245 g/mol. The van der Waals surface area contributed by atoms with Gasteiger partial charge in [-0.2, -0.15) is 11.8 Å². The smallest absolute Gasteiger partial charge is 0.304 e. The summed E-state index contributed by atoms with van der Waals surface area (Å²) >= 11 is 1.87. The van der Waals surface area contributed by atoms with Crippen molar-refractivity contribution in [1.29, 1.82) is 0 Å². The number of carboxylic acid groups (broad SMARTS) is 1. The lowest BCUT2D eigenvalue weighted by Gasteiger charge is -2.41. The van der Waals surface area contributed by atoms with Gasteiger partial charge in [-0.15, -0.1) is 0 Å². The zero-order valence-corrected chi connectivity index (χ0v) is 10.2. The number of nitrogens with zero attached hydrogens (tertiary/aromatic N) is 1. The van der Waals surface area contributed by atoms with E-state index >= 15 is 0 Å². The summed E-state index contributed by atoms with van der Waals surface area (Å²) in [6.07, 6.45) is 2.53. The minimum absolute atomic E-state index is 0.197. The van der Waals surface area contributed by atoms with Gasteiger partial charge < -0.3 is 9.84 Å². The molecular weight excluding hydrogens is 226 g/mol. The summed E-state index contributed by atoms with van der Waals surface area (Å²) < 4.78 is 5.49. The highest BCUT2D eigenvalue weighted by atomic mass is 32.2. The van der Waals surface area contributed by atoms with Crippen LogP contribution in [0.4, 0.5) is 0 Å². The van der Waals surface area contributed by atoms with Gasteiger partial charge in [-0.1, -0.05) is 0 Å². The monoisotopic (exact) mass is 245 g/mol. The Morgan fingerprint density at radius 1 is 1.56 bits per heavy atom. The van der Waals surface area contributed by atoms with Gasteiger partial charge in [0.1, 0.15) is 0 Å². The first-order valence-corrected chi connectivity index (χ1v) is 7.06. The fourth-order valence-electron chi connectivity index (χ4n) is 2.51. The molecule has 2 aliphatic heterocycles. The van der Waals surface area contributed by atoms with Gasteiger partial charge >= 0.3 is 5.97 Å². The van der Waals surface area contributed by atoms with E-state index in [9.17, 15) is 4.79 Å². The Hall–Kier alpha value is -0.260. The highest BCUT2D eigenvalue weighted by Crippen LogP contribution is 2.24. The van der Waals surface area contributed by atoms with E-state index in [1.54, 1.807) is 0 Å². The van der Waals surface area contributed by atoms with Crippen molar-refractivity contribution < 1.29 is 14.6 Å². The van der Waals surface area contributed by atoms with Crippen LogP contribution in [0.15, 0.2) is 0 Å². The molecule has 5 heteroatoms. The predicted octanol–water partition coefficient (Wildman–Crippen LogP) is 1.06. The molecule has 92 valence electrons. The van der Waals surface area contributed by atoms with Crippen LogP contribution in [-0.2, 0) is 9.53 Å². The second-order valence-corrected chi connectivity index (χ2v) is 5.59. The fraction of sp³-hybridized carbons (Fsp3) is 0.909. The third-order valence-electron chi connectivity index (χ3n) is 3.29. The topological polar surface area (TPSA) is 49.8 Å². The Bertz CT molecular complexity index is 243. The van der Waals surface area contributed by atoms with E-state index in [1.165, 1.54) is 0 Å². The molecule has 16 heavy (non-hydrogen) atoms. The lowest BCUT2D eigenvalue weighted by Crippen LogP contribution is -2.52. The molecule has 2 unspecified atom stereocenters. The van der Waals surface area contributed by atoms with Crippen LogP contribution in [0.1, 0.15) is 19.3 Å². The molecule has 2 fully saturated rings. The van der Waals surface area contributed by atoms with Crippen molar-refractivity contribution in [1.82, 2.24) is 4.90 Å². The third kappa shape index (κ3) is 3.12. The summed E-state index contributed by atoms with van der Waals surface area (Å²) in [6, 6.07) is 0.641. The predicted molar refractivity (Wildman–Crippen MR) is 63.9 cm³/mol. The lowest BCUT2D eigenvalue weighted by molar-refractivity contribution is -0.138. The van der Waals surface area contributed by atoms with Crippen LogP contribution in [0.25, 0.3) is 0 Å². The first kappa shape index (κ1) is 12.2. The van der Waals surface area contributed by atoms with E-state index in [-0.39, 0.29) is 12.5 Å². The minimum Gasteiger partial charge on any atom is -0.481 e. The van der Waals surface area contributed by atoms with Crippen molar-refractivity contribution >= 4 is 17.7 Å². The van der Waals surface area contributed by atoms with Crippen LogP contribution < -0.4 is 0 Å². The third-order valence-corrected chi connectivity index (χ3v) is 4.38. The van der Waals surface area contributed by atoms with Crippen molar-refractivity contribution in [3.63, 3.8) is 0 Å². The van der Waals surface area contributed by atoms with Crippen molar-refractivity contribution in [2.45, 2.75) is 31.3 Å². The maximum atomic E-state index is 10.8. The van der Waals surface area contributed by atoms with Crippen LogP contribution in [0, 0.1) is 0 Å². The molecule has 0 aliphatic carbocycles. The Morgan fingerprint density at radius 3 is 3.12 bits per heavy atom. The molecule has 0 saturated carbocycles. The summed E-state index contributed by atoms with van der Waals surface area (Å²) in [5.74, 6) is 1.38. The van der Waals surface area contributed by atoms with Crippen LogP contribution >= 0.6 is 11.8 Å².